The SMILES string of the molecule is CS(c1ccccc1)(c1ccccc1)c1ccc([Si](c2ccccc2)(c2ccccc2)c2ccc3nc4n(-c5ccccc5)c5ccccc5n4c3c2)cc1. The summed E-state index contributed by atoms with van der Waals surface area (Å²) in [4.78, 5) is 9.37. The van der Waals surface area contributed by atoms with Crippen molar-refractivity contribution in [1.29, 1.82) is 0 Å². The molecule has 0 spiro atoms. The summed E-state index contributed by atoms with van der Waals surface area (Å²) in [6.07, 6.45) is 2.44. The van der Waals surface area contributed by atoms with E-state index in [0.717, 1.165) is 33.5 Å². The zero-order valence-corrected chi connectivity index (χ0v) is 32.4. The fourth-order valence-electron chi connectivity index (χ4n) is 8.61. The quantitative estimate of drug-likeness (QED) is 0.112. The van der Waals surface area contributed by atoms with Crippen molar-refractivity contribution in [3.63, 3.8) is 0 Å². The minimum atomic E-state index is -2.88. The predicted octanol–water partition coefficient (Wildman–Crippen LogP) is 9.72. The van der Waals surface area contributed by atoms with Crippen LogP contribution in [0.4, 0.5) is 0 Å². The van der Waals surface area contributed by atoms with Gasteiger partial charge in [0, 0.05) is 5.69 Å². The van der Waals surface area contributed by atoms with Crippen LogP contribution in [-0.2, 0) is 0 Å². The van der Waals surface area contributed by atoms with Gasteiger partial charge in [0.1, 0.15) is 0 Å². The van der Waals surface area contributed by atoms with Gasteiger partial charge in [-0.25, -0.2) is 4.98 Å². The standard InChI is InChI=1S/C50H39N3SSi/c1-54(39-21-9-3-10-22-39,40-23-11-4-12-24-40)41-31-33-44(34-32-41)55(42-25-13-5-14-26-42,43-27-15-6-16-28-43)45-35-36-46-49(37-45)53-48-30-18-17-29-47(48)52(50(53)51-46)38-19-7-2-8-20-38/h2-37H,1H3. The lowest BCUT2D eigenvalue weighted by molar-refractivity contribution is 1.11. The Morgan fingerprint density at radius 1 is 0.400 bits per heavy atom. The third-order valence-corrected chi connectivity index (χ3v) is 19.7. The fourth-order valence-corrected chi connectivity index (χ4v) is 16.2. The Labute approximate surface area is 324 Å². The third kappa shape index (κ3) is 5.23. The van der Waals surface area contributed by atoms with Crippen LogP contribution in [-0.4, -0.2) is 28.3 Å². The van der Waals surface area contributed by atoms with Crippen molar-refractivity contribution in [3.05, 3.63) is 218 Å². The topological polar surface area (TPSA) is 22.2 Å². The first-order valence-corrected chi connectivity index (χ1v) is 22.8. The fraction of sp³-hybridized carbons (Fsp3) is 0.0200. The van der Waals surface area contributed by atoms with Crippen LogP contribution in [0.5, 0.6) is 0 Å². The molecule has 0 atom stereocenters. The number of rotatable bonds is 8. The van der Waals surface area contributed by atoms with Gasteiger partial charge in [-0.3, -0.25) is 8.97 Å². The molecule has 55 heavy (non-hydrogen) atoms. The van der Waals surface area contributed by atoms with Crippen molar-refractivity contribution in [2.45, 2.75) is 14.7 Å². The zero-order chi connectivity index (χ0) is 36.8. The number of benzene rings is 8. The molecule has 8 aromatic carbocycles. The molecule has 0 aliphatic carbocycles. The van der Waals surface area contributed by atoms with Crippen LogP contribution in [0.1, 0.15) is 0 Å². The highest BCUT2D eigenvalue weighted by Crippen LogP contribution is 2.65. The molecule has 0 saturated heterocycles. The van der Waals surface area contributed by atoms with Gasteiger partial charge in [0.2, 0.25) is 5.78 Å². The highest BCUT2D eigenvalue weighted by Gasteiger charge is 2.42. The Morgan fingerprint density at radius 3 is 1.40 bits per heavy atom. The van der Waals surface area contributed by atoms with Crippen LogP contribution >= 0.6 is 10.0 Å². The second kappa shape index (κ2) is 13.5. The summed E-state index contributed by atoms with van der Waals surface area (Å²) in [6, 6.07) is 80.5. The molecule has 3 nitrogen and oxygen atoms in total. The van der Waals surface area contributed by atoms with Gasteiger partial charge in [0.25, 0.3) is 0 Å². The van der Waals surface area contributed by atoms with E-state index < -0.39 is 18.1 Å². The number of fused-ring (bicyclic) bond motifs is 5. The van der Waals surface area contributed by atoms with Crippen LogP contribution in [0.15, 0.2) is 233 Å². The van der Waals surface area contributed by atoms with Crippen molar-refractivity contribution in [1.82, 2.24) is 14.0 Å². The molecular formula is C50H39N3SSi. The molecule has 0 bridgehead atoms. The average Bonchev–Trinajstić information content (AvgIpc) is 3.80. The summed E-state index contributed by atoms with van der Waals surface area (Å²) in [5.41, 5.74) is 5.47. The van der Waals surface area contributed by atoms with E-state index >= 15 is 0 Å². The summed E-state index contributed by atoms with van der Waals surface area (Å²) >= 11 is 0. The molecule has 5 heteroatoms. The van der Waals surface area contributed by atoms with E-state index in [1.165, 1.54) is 35.4 Å². The Morgan fingerprint density at radius 2 is 0.836 bits per heavy atom. The summed E-state index contributed by atoms with van der Waals surface area (Å²) in [5, 5.41) is 5.37. The summed E-state index contributed by atoms with van der Waals surface area (Å²) in [7, 11) is -4.40. The number of hydrogen-bond acceptors (Lipinski definition) is 1. The maximum Gasteiger partial charge on any atom is 0.220 e. The lowest BCUT2D eigenvalue weighted by Gasteiger charge is -2.39. The van der Waals surface area contributed by atoms with Crippen molar-refractivity contribution >= 4 is 66.7 Å². The Hall–Kier alpha value is -6.40. The van der Waals surface area contributed by atoms with Crippen LogP contribution < -0.4 is 20.7 Å². The number of aromatic nitrogens is 3. The molecule has 0 unspecified atom stereocenters. The highest BCUT2D eigenvalue weighted by atomic mass is 32.3. The van der Waals surface area contributed by atoms with Gasteiger partial charge in [0.05, 0.1) is 22.1 Å². The average molecular weight is 742 g/mol. The highest BCUT2D eigenvalue weighted by molar-refractivity contribution is 8.33. The van der Waals surface area contributed by atoms with Crippen molar-refractivity contribution < 1.29 is 0 Å². The molecule has 2 heterocycles. The largest absolute Gasteiger partial charge is 0.278 e. The van der Waals surface area contributed by atoms with E-state index in [2.05, 4.69) is 234 Å². The molecule has 0 amide bonds. The van der Waals surface area contributed by atoms with Crippen LogP contribution in [0.2, 0.25) is 0 Å². The van der Waals surface area contributed by atoms with E-state index in [4.69, 9.17) is 4.98 Å². The van der Waals surface area contributed by atoms with E-state index in [0.29, 0.717) is 0 Å². The van der Waals surface area contributed by atoms with Gasteiger partial charge in [-0.2, -0.15) is 10.0 Å². The van der Waals surface area contributed by atoms with Crippen LogP contribution in [0, 0.1) is 0 Å². The first kappa shape index (κ1) is 33.2. The van der Waals surface area contributed by atoms with Crippen molar-refractivity contribution in [2.24, 2.45) is 0 Å². The minimum absolute atomic E-state index is 0.916. The molecule has 0 saturated carbocycles. The van der Waals surface area contributed by atoms with E-state index in [-0.39, 0.29) is 0 Å². The zero-order valence-electron chi connectivity index (χ0n) is 30.5. The van der Waals surface area contributed by atoms with E-state index in [1.54, 1.807) is 0 Å². The van der Waals surface area contributed by atoms with E-state index in [1.807, 2.05) is 0 Å². The minimum Gasteiger partial charge on any atom is -0.278 e. The van der Waals surface area contributed by atoms with Gasteiger partial charge >= 0.3 is 0 Å². The monoisotopic (exact) mass is 741 g/mol. The predicted molar refractivity (Wildman–Crippen MR) is 234 cm³/mol. The Kier molecular flexibility index (Phi) is 8.13. The Bertz CT molecular complexity index is 2830. The lowest BCUT2D eigenvalue weighted by atomic mass is 10.2. The molecule has 0 N–H and O–H groups in total. The first-order chi connectivity index (χ1) is 27.2. The molecule has 264 valence electrons. The van der Waals surface area contributed by atoms with Crippen molar-refractivity contribution in [2.75, 3.05) is 6.26 Å². The van der Waals surface area contributed by atoms with Crippen LogP contribution in [0.3, 0.4) is 0 Å². The molecule has 10 rings (SSSR count). The second-order valence-electron chi connectivity index (χ2n) is 14.2. The normalized spacial score (nSPS) is 12.4. The summed E-state index contributed by atoms with van der Waals surface area (Å²) < 4.78 is 4.64. The van der Waals surface area contributed by atoms with Gasteiger partial charge in [-0.1, -0.05) is 146 Å². The maximum absolute atomic E-state index is 5.31. The lowest BCUT2D eigenvalue weighted by Crippen LogP contribution is -2.74. The number of nitrogens with zero attached hydrogens (tertiary/aromatic N) is 3. The number of imidazole rings is 2. The van der Waals surface area contributed by atoms with Crippen LogP contribution in [0.25, 0.3) is 33.5 Å². The number of para-hydroxylation sites is 3. The first-order valence-electron chi connectivity index (χ1n) is 18.7. The third-order valence-electron chi connectivity index (χ3n) is 11.2. The number of hydrogen-bond donors (Lipinski definition) is 0. The maximum atomic E-state index is 5.31. The van der Waals surface area contributed by atoms with Crippen molar-refractivity contribution in [3.8, 4) is 5.69 Å². The molecule has 0 aliphatic rings. The smallest absolute Gasteiger partial charge is 0.220 e. The molecule has 2 aromatic heterocycles. The molecule has 0 radical (unpaired) electrons. The van der Waals surface area contributed by atoms with E-state index in [9.17, 15) is 0 Å². The molecule has 0 aliphatic heterocycles. The molecular weight excluding hydrogens is 703 g/mol. The summed E-state index contributed by atoms with van der Waals surface area (Å²) in [5.74, 6) is 0.916. The molecule has 10 aromatic rings. The van der Waals surface area contributed by atoms with Gasteiger partial charge in [-0.05, 0) is 114 Å². The Balaban J connectivity index is 1.24. The summed E-state index contributed by atoms with van der Waals surface area (Å²) in [6.45, 7) is 0. The van der Waals surface area contributed by atoms with Gasteiger partial charge in [-0.15, -0.1) is 0 Å². The van der Waals surface area contributed by atoms with Gasteiger partial charge in [0.15, 0.2) is 8.07 Å². The second-order valence-corrected chi connectivity index (χ2v) is 21.2. The van der Waals surface area contributed by atoms with Gasteiger partial charge < -0.3 is 0 Å². The molecule has 0 fully saturated rings.